The first-order chi connectivity index (χ1) is 9.44. The first-order valence-electron chi connectivity index (χ1n) is 6.94. The van der Waals surface area contributed by atoms with Gasteiger partial charge in [0.25, 0.3) is 0 Å². The molecule has 0 heterocycles. The van der Waals surface area contributed by atoms with Gasteiger partial charge in [-0.3, -0.25) is 0 Å². The van der Waals surface area contributed by atoms with Crippen LogP contribution in [0, 0.1) is 0 Å². The fourth-order valence-electron chi connectivity index (χ4n) is 2.13. The van der Waals surface area contributed by atoms with Crippen molar-refractivity contribution in [3.05, 3.63) is 70.2 Å². The summed E-state index contributed by atoms with van der Waals surface area (Å²) in [5.74, 6) is 0. The summed E-state index contributed by atoms with van der Waals surface area (Å²) in [4.78, 5) is 0. The van der Waals surface area contributed by atoms with Gasteiger partial charge in [0.05, 0.1) is 5.38 Å². The second kappa shape index (κ2) is 6.20. The van der Waals surface area contributed by atoms with E-state index in [0.717, 1.165) is 22.6 Å². The Morgan fingerprint density at radius 3 is 1.80 bits per heavy atom. The molecule has 2 rings (SSSR count). The molecule has 0 aliphatic heterocycles. The average molecular weight is 307 g/mol. The largest absolute Gasteiger partial charge is 0.113 e. The number of rotatable bonds is 4. The van der Waals surface area contributed by atoms with Crippen molar-refractivity contribution < 1.29 is 0 Å². The summed E-state index contributed by atoms with van der Waals surface area (Å²) >= 11 is 12.4. The van der Waals surface area contributed by atoms with E-state index in [1.807, 2.05) is 24.3 Å². The maximum Gasteiger partial charge on any atom is 0.0835 e. The van der Waals surface area contributed by atoms with Crippen LogP contribution in [0.3, 0.4) is 0 Å². The van der Waals surface area contributed by atoms with Crippen LogP contribution in [0.25, 0.3) is 0 Å². The van der Waals surface area contributed by atoms with Gasteiger partial charge in [-0.25, -0.2) is 0 Å². The van der Waals surface area contributed by atoms with Crippen LogP contribution < -0.4 is 0 Å². The molecule has 2 heteroatoms. The third kappa shape index (κ3) is 3.37. The van der Waals surface area contributed by atoms with Crippen molar-refractivity contribution in [1.29, 1.82) is 0 Å². The number of hydrogen-bond donors (Lipinski definition) is 0. The summed E-state index contributed by atoms with van der Waals surface area (Å²) in [5, 5.41) is 0.601. The minimum absolute atomic E-state index is 0.133. The molecule has 0 aliphatic carbocycles. The molecule has 0 spiro atoms. The summed E-state index contributed by atoms with van der Waals surface area (Å²) < 4.78 is 0. The Morgan fingerprint density at radius 1 is 0.900 bits per heavy atom. The van der Waals surface area contributed by atoms with Crippen LogP contribution >= 0.6 is 23.2 Å². The third-order valence-electron chi connectivity index (χ3n) is 4.03. The molecule has 2 aromatic rings. The minimum Gasteiger partial charge on any atom is -0.113 e. The van der Waals surface area contributed by atoms with Crippen molar-refractivity contribution in [3.8, 4) is 0 Å². The fourth-order valence-corrected chi connectivity index (χ4v) is 2.55. The molecule has 0 fully saturated rings. The van der Waals surface area contributed by atoms with Crippen LogP contribution in [0.4, 0.5) is 0 Å². The maximum atomic E-state index is 6.54. The van der Waals surface area contributed by atoms with E-state index in [4.69, 9.17) is 23.2 Å². The maximum absolute atomic E-state index is 6.54. The Morgan fingerprint density at radius 2 is 1.35 bits per heavy atom. The smallest absolute Gasteiger partial charge is 0.0835 e. The lowest BCUT2D eigenvalue weighted by Crippen LogP contribution is -2.15. The highest BCUT2D eigenvalue weighted by Crippen LogP contribution is 2.32. The normalized spacial score (nSPS) is 13.2. The van der Waals surface area contributed by atoms with Crippen molar-refractivity contribution in [3.63, 3.8) is 0 Å². The molecule has 20 heavy (non-hydrogen) atoms. The molecular formula is C18H20Cl2. The fraction of sp³-hybridized carbons (Fsp3) is 0.333. The van der Waals surface area contributed by atoms with E-state index in [1.165, 1.54) is 5.56 Å². The van der Waals surface area contributed by atoms with Gasteiger partial charge in [-0.1, -0.05) is 68.8 Å². The highest BCUT2D eigenvalue weighted by molar-refractivity contribution is 6.30. The second-order valence-electron chi connectivity index (χ2n) is 5.77. The van der Waals surface area contributed by atoms with E-state index < -0.39 is 0 Å². The summed E-state index contributed by atoms with van der Waals surface area (Å²) in [5.41, 5.74) is 3.74. The lowest BCUT2D eigenvalue weighted by Gasteiger charge is -2.24. The summed E-state index contributed by atoms with van der Waals surface area (Å²) in [6.07, 6.45) is 1.12. The van der Waals surface area contributed by atoms with E-state index in [2.05, 4.69) is 45.0 Å². The summed E-state index contributed by atoms with van der Waals surface area (Å²) in [6, 6.07) is 16.3. The Kier molecular flexibility index (Phi) is 4.78. The topological polar surface area (TPSA) is 0 Å². The standard InChI is InChI=1S/C18H20Cl2/c1-4-18(2,3)15-9-5-13(6-10-15)17(20)14-7-11-16(19)12-8-14/h5-12,17H,4H2,1-3H3. The van der Waals surface area contributed by atoms with Crippen LogP contribution in [0.2, 0.25) is 5.02 Å². The van der Waals surface area contributed by atoms with E-state index in [0.29, 0.717) is 0 Å². The molecule has 0 bridgehead atoms. The first kappa shape index (κ1) is 15.4. The van der Waals surface area contributed by atoms with Crippen molar-refractivity contribution in [2.24, 2.45) is 0 Å². The molecule has 1 unspecified atom stereocenters. The molecule has 106 valence electrons. The minimum atomic E-state index is -0.133. The molecule has 2 aromatic carbocycles. The predicted molar refractivity (Wildman–Crippen MR) is 88.9 cm³/mol. The Balaban J connectivity index is 2.23. The van der Waals surface area contributed by atoms with Gasteiger partial charge < -0.3 is 0 Å². The molecule has 0 aromatic heterocycles. The van der Waals surface area contributed by atoms with Gasteiger partial charge in [-0.05, 0) is 40.7 Å². The Bertz CT molecular complexity index is 553. The van der Waals surface area contributed by atoms with Gasteiger partial charge in [0, 0.05) is 5.02 Å². The van der Waals surface area contributed by atoms with E-state index in [-0.39, 0.29) is 10.8 Å². The van der Waals surface area contributed by atoms with Crippen molar-refractivity contribution >= 4 is 23.2 Å². The zero-order valence-electron chi connectivity index (χ0n) is 12.2. The zero-order valence-corrected chi connectivity index (χ0v) is 13.7. The number of benzene rings is 2. The first-order valence-corrected chi connectivity index (χ1v) is 7.75. The third-order valence-corrected chi connectivity index (χ3v) is 4.79. The summed E-state index contributed by atoms with van der Waals surface area (Å²) in [6.45, 7) is 6.74. The molecule has 0 saturated heterocycles. The molecule has 0 radical (unpaired) electrons. The predicted octanol–water partition coefficient (Wildman–Crippen LogP) is 6.36. The van der Waals surface area contributed by atoms with Gasteiger partial charge in [0.15, 0.2) is 0 Å². The molecule has 0 aliphatic rings. The van der Waals surface area contributed by atoms with Crippen LogP contribution in [0.5, 0.6) is 0 Å². The molecule has 0 amide bonds. The molecule has 0 saturated carbocycles. The van der Waals surface area contributed by atoms with Gasteiger partial charge in [-0.15, -0.1) is 11.6 Å². The Labute approximate surface area is 131 Å². The van der Waals surface area contributed by atoms with E-state index in [1.54, 1.807) is 0 Å². The van der Waals surface area contributed by atoms with Crippen molar-refractivity contribution in [2.45, 2.75) is 38.0 Å². The second-order valence-corrected chi connectivity index (χ2v) is 6.65. The molecule has 0 nitrogen and oxygen atoms in total. The van der Waals surface area contributed by atoms with E-state index in [9.17, 15) is 0 Å². The molecule has 1 atom stereocenters. The SMILES string of the molecule is CCC(C)(C)c1ccc(C(Cl)c2ccc(Cl)cc2)cc1. The van der Waals surface area contributed by atoms with Gasteiger partial charge in [0.2, 0.25) is 0 Å². The number of hydrogen-bond acceptors (Lipinski definition) is 0. The quantitative estimate of drug-likeness (QED) is 0.577. The van der Waals surface area contributed by atoms with Crippen molar-refractivity contribution in [1.82, 2.24) is 0 Å². The highest BCUT2D eigenvalue weighted by atomic mass is 35.5. The van der Waals surface area contributed by atoms with E-state index >= 15 is 0 Å². The van der Waals surface area contributed by atoms with Crippen LogP contribution in [0.1, 0.15) is 49.3 Å². The lowest BCUT2D eigenvalue weighted by atomic mass is 9.82. The number of halogens is 2. The highest BCUT2D eigenvalue weighted by Gasteiger charge is 2.18. The van der Waals surface area contributed by atoms with Crippen LogP contribution in [-0.4, -0.2) is 0 Å². The zero-order chi connectivity index (χ0) is 14.8. The Hall–Kier alpha value is -0.980. The monoisotopic (exact) mass is 306 g/mol. The van der Waals surface area contributed by atoms with Gasteiger partial charge in [-0.2, -0.15) is 0 Å². The molecular weight excluding hydrogens is 287 g/mol. The van der Waals surface area contributed by atoms with Gasteiger partial charge >= 0.3 is 0 Å². The summed E-state index contributed by atoms with van der Waals surface area (Å²) in [7, 11) is 0. The molecule has 0 N–H and O–H groups in total. The van der Waals surface area contributed by atoms with Crippen LogP contribution in [0.15, 0.2) is 48.5 Å². The van der Waals surface area contributed by atoms with Gasteiger partial charge in [0.1, 0.15) is 0 Å². The lowest BCUT2D eigenvalue weighted by molar-refractivity contribution is 0.506. The van der Waals surface area contributed by atoms with Crippen molar-refractivity contribution in [2.75, 3.05) is 0 Å². The average Bonchev–Trinajstić information content (AvgIpc) is 2.47. The number of alkyl halides is 1. The van der Waals surface area contributed by atoms with Crippen LogP contribution in [-0.2, 0) is 5.41 Å².